The summed E-state index contributed by atoms with van der Waals surface area (Å²) in [5.74, 6) is 0.457. The molecule has 2 aliphatic rings. The molecule has 0 aromatic heterocycles. The molecule has 0 heterocycles. The van der Waals surface area contributed by atoms with Crippen molar-refractivity contribution in [2.45, 2.75) is 19.8 Å². The van der Waals surface area contributed by atoms with Crippen molar-refractivity contribution in [3.05, 3.63) is 83.2 Å². The van der Waals surface area contributed by atoms with Crippen LogP contribution in [0.2, 0.25) is 0 Å². The van der Waals surface area contributed by atoms with Crippen molar-refractivity contribution in [3.8, 4) is 0 Å². The third kappa shape index (κ3) is 2.17. The monoisotopic (exact) mass is 250 g/mol. The molecule has 96 valence electrons. The lowest BCUT2D eigenvalue weighted by Crippen LogP contribution is -2.23. The number of rotatable bonds is 2. The van der Waals surface area contributed by atoms with Crippen LogP contribution in [-0.2, 0) is 6.42 Å². The zero-order chi connectivity index (χ0) is 13.3. The number of fused-ring (bicyclic) bond motifs is 1. The molecule has 0 saturated carbocycles. The molecule has 0 spiro atoms. The number of aliphatic hydroxyl groups excluding tert-OH is 1. The van der Waals surface area contributed by atoms with E-state index in [0.29, 0.717) is 5.76 Å². The lowest BCUT2D eigenvalue weighted by molar-refractivity contribution is 0.371. The second-order valence-electron chi connectivity index (χ2n) is 5.50. The van der Waals surface area contributed by atoms with E-state index in [4.69, 9.17) is 0 Å². The van der Waals surface area contributed by atoms with Gasteiger partial charge in [-0.3, -0.25) is 0 Å². The molecule has 1 aromatic carbocycles. The summed E-state index contributed by atoms with van der Waals surface area (Å²) in [7, 11) is 0. The Balaban J connectivity index is 1.95. The molecule has 19 heavy (non-hydrogen) atoms. The van der Waals surface area contributed by atoms with Crippen LogP contribution in [0.5, 0.6) is 0 Å². The lowest BCUT2D eigenvalue weighted by Gasteiger charge is -2.33. The molecule has 0 fully saturated rings. The van der Waals surface area contributed by atoms with Gasteiger partial charge in [-0.1, -0.05) is 67.6 Å². The summed E-state index contributed by atoms with van der Waals surface area (Å²) in [5, 5.41) is 10.5. The first kappa shape index (κ1) is 12.0. The summed E-state index contributed by atoms with van der Waals surface area (Å²) in [4.78, 5) is 0. The van der Waals surface area contributed by atoms with Crippen LogP contribution in [0.1, 0.15) is 18.9 Å². The highest BCUT2D eigenvalue weighted by atomic mass is 16.3. The van der Waals surface area contributed by atoms with Gasteiger partial charge in [-0.05, 0) is 17.6 Å². The van der Waals surface area contributed by atoms with Gasteiger partial charge < -0.3 is 5.11 Å². The van der Waals surface area contributed by atoms with E-state index < -0.39 is 0 Å². The van der Waals surface area contributed by atoms with Gasteiger partial charge in [-0.25, -0.2) is 0 Å². The van der Waals surface area contributed by atoms with Crippen molar-refractivity contribution in [2.75, 3.05) is 0 Å². The summed E-state index contributed by atoms with van der Waals surface area (Å²) < 4.78 is 0. The maximum absolute atomic E-state index is 10.5. The number of allylic oxidation sites excluding steroid dienone is 7. The van der Waals surface area contributed by atoms with Crippen LogP contribution in [0, 0.1) is 5.41 Å². The molecule has 0 radical (unpaired) electrons. The molecule has 0 aliphatic heterocycles. The molecule has 1 heteroatoms. The summed E-state index contributed by atoms with van der Waals surface area (Å²) in [6.07, 6.45) is 12.3. The fourth-order valence-electron chi connectivity index (χ4n) is 2.78. The highest BCUT2D eigenvalue weighted by Gasteiger charge is 2.32. The van der Waals surface area contributed by atoms with Gasteiger partial charge in [0.05, 0.1) is 0 Å². The zero-order valence-electron chi connectivity index (χ0n) is 11.1. The highest BCUT2D eigenvalue weighted by Crippen LogP contribution is 2.43. The second kappa shape index (κ2) is 4.58. The smallest absolute Gasteiger partial charge is 0.123 e. The van der Waals surface area contributed by atoms with E-state index in [1.165, 1.54) is 5.56 Å². The number of aliphatic hydroxyl groups is 1. The number of hydrogen-bond acceptors (Lipinski definition) is 1. The average Bonchev–Trinajstić information content (AvgIpc) is 2.43. The predicted octanol–water partition coefficient (Wildman–Crippen LogP) is 4.50. The minimum Gasteiger partial charge on any atom is -0.507 e. The number of benzene rings is 1. The molecule has 1 atom stereocenters. The first-order chi connectivity index (χ1) is 9.19. The van der Waals surface area contributed by atoms with Crippen LogP contribution >= 0.6 is 0 Å². The first-order valence-corrected chi connectivity index (χ1v) is 6.72. The molecular formula is C18H18O. The molecule has 3 rings (SSSR count). The van der Waals surface area contributed by atoms with Crippen molar-refractivity contribution in [3.63, 3.8) is 0 Å². The van der Waals surface area contributed by atoms with Crippen LogP contribution in [0.3, 0.4) is 0 Å². The minimum absolute atomic E-state index is 0.0426. The summed E-state index contributed by atoms with van der Waals surface area (Å²) in [5.41, 5.74) is 3.23. The van der Waals surface area contributed by atoms with Crippen molar-refractivity contribution >= 4 is 0 Å². The van der Waals surface area contributed by atoms with Crippen LogP contribution in [0.25, 0.3) is 0 Å². The van der Waals surface area contributed by atoms with Crippen molar-refractivity contribution in [1.82, 2.24) is 0 Å². The van der Waals surface area contributed by atoms with Crippen LogP contribution < -0.4 is 0 Å². The third-order valence-electron chi connectivity index (χ3n) is 4.01. The van der Waals surface area contributed by atoms with Gasteiger partial charge in [0.15, 0.2) is 0 Å². The van der Waals surface area contributed by atoms with Gasteiger partial charge >= 0.3 is 0 Å². The molecule has 2 aliphatic carbocycles. The largest absolute Gasteiger partial charge is 0.507 e. The normalized spacial score (nSPS) is 25.2. The van der Waals surface area contributed by atoms with Crippen LogP contribution in [0.4, 0.5) is 0 Å². The zero-order valence-corrected chi connectivity index (χ0v) is 11.1. The van der Waals surface area contributed by atoms with Gasteiger partial charge in [-0.2, -0.15) is 0 Å². The van der Waals surface area contributed by atoms with Gasteiger partial charge in [0, 0.05) is 17.4 Å². The molecular weight excluding hydrogens is 232 g/mol. The summed E-state index contributed by atoms with van der Waals surface area (Å²) in [6.45, 7) is 2.17. The van der Waals surface area contributed by atoms with E-state index in [1.54, 1.807) is 0 Å². The van der Waals surface area contributed by atoms with E-state index in [9.17, 15) is 5.11 Å². The Morgan fingerprint density at radius 3 is 2.79 bits per heavy atom. The first-order valence-electron chi connectivity index (χ1n) is 6.72. The Kier molecular flexibility index (Phi) is 2.90. The van der Waals surface area contributed by atoms with E-state index in [1.807, 2.05) is 30.4 Å². The predicted molar refractivity (Wildman–Crippen MR) is 78.9 cm³/mol. The van der Waals surface area contributed by atoms with E-state index in [-0.39, 0.29) is 5.41 Å². The molecule has 0 amide bonds. The lowest BCUT2D eigenvalue weighted by atomic mass is 9.71. The SMILES string of the molecule is CC12C=CC(Cc3ccccc3)=C(O)C1=CC=CC2. The number of hydrogen-bond donors (Lipinski definition) is 1. The summed E-state index contributed by atoms with van der Waals surface area (Å²) >= 11 is 0. The van der Waals surface area contributed by atoms with E-state index in [0.717, 1.165) is 24.0 Å². The van der Waals surface area contributed by atoms with Gasteiger partial charge in [0.1, 0.15) is 5.76 Å². The quantitative estimate of drug-likeness (QED) is 0.819. The van der Waals surface area contributed by atoms with E-state index >= 15 is 0 Å². The van der Waals surface area contributed by atoms with Crippen molar-refractivity contribution in [1.29, 1.82) is 0 Å². The fourth-order valence-corrected chi connectivity index (χ4v) is 2.78. The summed E-state index contributed by atoms with van der Waals surface area (Å²) in [6, 6.07) is 10.3. The molecule has 0 saturated heterocycles. The van der Waals surface area contributed by atoms with Crippen molar-refractivity contribution in [2.24, 2.45) is 5.41 Å². The van der Waals surface area contributed by atoms with E-state index in [2.05, 4.69) is 37.3 Å². The average molecular weight is 250 g/mol. The van der Waals surface area contributed by atoms with Gasteiger partial charge in [0.2, 0.25) is 0 Å². The Morgan fingerprint density at radius 2 is 2.00 bits per heavy atom. The third-order valence-corrected chi connectivity index (χ3v) is 4.01. The topological polar surface area (TPSA) is 20.2 Å². The Morgan fingerprint density at radius 1 is 1.21 bits per heavy atom. The molecule has 1 unspecified atom stereocenters. The maximum atomic E-state index is 10.5. The minimum atomic E-state index is -0.0426. The molecule has 1 N–H and O–H groups in total. The molecule has 1 nitrogen and oxygen atoms in total. The van der Waals surface area contributed by atoms with Crippen molar-refractivity contribution < 1.29 is 5.11 Å². The molecule has 1 aromatic rings. The van der Waals surface area contributed by atoms with Crippen LogP contribution in [-0.4, -0.2) is 5.11 Å². The second-order valence-corrected chi connectivity index (χ2v) is 5.50. The fraction of sp³-hybridized carbons (Fsp3) is 0.222. The Bertz CT molecular complexity index is 602. The Hall–Kier alpha value is -2.02. The van der Waals surface area contributed by atoms with Gasteiger partial charge in [-0.15, -0.1) is 0 Å². The van der Waals surface area contributed by atoms with Gasteiger partial charge in [0.25, 0.3) is 0 Å². The Labute approximate surface area is 114 Å². The maximum Gasteiger partial charge on any atom is 0.123 e. The highest BCUT2D eigenvalue weighted by molar-refractivity contribution is 5.51. The standard InChI is InChI=1S/C18H18O/c1-18-11-6-5-9-16(18)17(19)15(10-12-18)13-14-7-3-2-4-8-14/h2-10,12,19H,11,13H2,1H3. The van der Waals surface area contributed by atoms with Crippen LogP contribution in [0.15, 0.2) is 77.6 Å². The molecule has 0 bridgehead atoms.